The zero-order valence-electron chi connectivity index (χ0n) is 18.3. The third-order valence-electron chi connectivity index (χ3n) is 5.25. The SMILES string of the molecule is Cc1ccc(-c2cc(C(F)(F)F)nc(-n3nc(-c4ccc(Br)cc4)c(Cl)c3-c3ccc(Br)cc3)n2)s1. The number of thiophene rings is 1. The lowest BCUT2D eigenvalue weighted by atomic mass is 10.1. The van der Waals surface area contributed by atoms with Gasteiger partial charge < -0.3 is 0 Å². The molecule has 5 aromatic rings. The number of aryl methyl sites for hydroxylation is 1. The van der Waals surface area contributed by atoms with Crippen LogP contribution in [0, 0.1) is 6.92 Å². The molecule has 182 valence electrons. The average Bonchev–Trinajstić information content (AvgIpc) is 3.43. The van der Waals surface area contributed by atoms with E-state index in [-0.39, 0.29) is 16.7 Å². The molecule has 0 unspecified atom stereocenters. The van der Waals surface area contributed by atoms with Gasteiger partial charge in [0.25, 0.3) is 5.95 Å². The van der Waals surface area contributed by atoms with Gasteiger partial charge in [-0.15, -0.1) is 11.3 Å². The molecule has 0 aliphatic heterocycles. The van der Waals surface area contributed by atoms with E-state index < -0.39 is 11.9 Å². The second kappa shape index (κ2) is 9.74. The molecular weight excluding hydrogens is 641 g/mol. The summed E-state index contributed by atoms with van der Waals surface area (Å²) in [6, 6.07) is 19.1. The van der Waals surface area contributed by atoms with Gasteiger partial charge in [-0.2, -0.15) is 23.0 Å². The van der Waals surface area contributed by atoms with Crippen molar-refractivity contribution in [2.24, 2.45) is 0 Å². The normalized spacial score (nSPS) is 11.8. The first-order chi connectivity index (χ1) is 17.1. The standard InChI is InChI=1S/C25H14Br2ClF3N4S/c1-13-2-11-19(36-13)18-12-20(25(29,30)31)33-24(32-18)35-23(15-5-9-17(27)10-6-15)21(28)22(34-35)14-3-7-16(26)8-4-14/h2-12H,1H3. The molecule has 3 heterocycles. The first-order valence-corrected chi connectivity index (χ1v) is 13.2. The Morgan fingerprint density at radius 2 is 1.47 bits per heavy atom. The molecule has 0 aliphatic carbocycles. The van der Waals surface area contributed by atoms with Crippen LogP contribution in [0.1, 0.15) is 10.6 Å². The number of hydrogen-bond donors (Lipinski definition) is 0. The van der Waals surface area contributed by atoms with Crippen molar-refractivity contribution in [3.63, 3.8) is 0 Å². The Kier molecular flexibility index (Phi) is 6.80. The molecule has 3 aromatic heterocycles. The molecule has 0 saturated carbocycles. The molecule has 0 bridgehead atoms. The monoisotopic (exact) mass is 652 g/mol. The fraction of sp³-hybridized carbons (Fsp3) is 0.0800. The van der Waals surface area contributed by atoms with E-state index in [4.69, 9.17) is 11.6 Å². The summed E-state index contributed by atoms with van der Waals surface area (Å²) in [4.78, 5) is 9.91. The second-order valence-corrected chi connectivity index (χ2v) is 11.3. The summed E-state index contributed by atoms with van der Waals surface area (Å²) in [5.74, 6) is -0.228. The summed E-state index contributed by atoms with van der Waals surface area (Å²) < 4.78 is 44.6. The molecule has 36 heavy (non-hydrogen) atoms. The minimum Gasteiger partial charge on any atom is -0.210 e. The van der Waals surface area contributed by atoms with Gasteiger partial charge in [0.1, 0.15) is 5.69 Å². The smallest absolute Gasteiger partial charge is 0.210 e. The van der Waals surface area contributed by atoms with E-state index >= 15 is 0 Å². The Hall–Kier alpha value is -2.53. The average molecular weight is 655 g/mol. The molecule has 0 aliphatic rings. The van der Waals surface area contributed by atoms with Gasteiger partial charge in [-0.3, -0.25) is 0 Å². The fourth-order valence-electron chi connectivity index (χ4n) is 3.57. The summed E-state index contributed by atoms with van der Waals surface area (Å²) >= 11 is 15.0. The number of hydrogen-bond acceptors (Lipinski definition) is 4. The van der Waals surface area contributed by atoms with E-state index in [2.05, 4.69) is 46.9 Å². The molecule has 2 aromatic carbocycles. The van der Waals surface area contributed by atoms with Crippen molar-refractivity contribution in [2.45, 2.75) is 13.1 Å². The number of rotatable bonds is 4. The highest BCUT2D eigenvalue weighted by atomic mass is 79.9. The molecule has 5 rings (SSSR count). The van der Waals surface area contributed by atoms with Crippen molar-refractivity contribution in [2.75, 3.05) is 0 Å². The quantitative estimate of drug-likeness (QED) is 0.194. The Labute approximate surface area is 230 Å². The minimum absolute atomic E-state index is 0.156. The zero-order chi connectivity index (χ0) is 25.6. The summed E-state index contributed by atoms with van der Waals surface area (Å²) in [7, 11) is 0. The molecule has 0 atom stereocenters. The summed E-state index contributed by atoms with van der Waals surface area (Å²) in [5.41, 5.74) is 1.22. The van der Waals surface area contributed by atoms with Gasteiger partial charge in [0, 0.05) is 24.9 Å². The van der Waals surface area contributed by atoms with Crippen molar-refractivity contribution < 1.29 is 13.2 Å². The Balaban J connectivity index is 1.79. The van der Waals surface area contributed by atoms with Crippen LogP contribution in [-0.2, 0) is 6.18 Å². The van der Waals surface area contributed by atoms with Gasteiger partial charge in [-0.05, 0) is 49.4 Å². The maximum atomic E-state index is 13.9. The van der Waals surface area contributed by atoms with E-state index in [0.717, 1.165) is 19.9 Å². The molecule has 4 nitrogen and oxygen atoms in total. The minimum atomic E-state index is -4.68. The lowest BCUT2D eigenvalue weighted by molar-refractivity contribution is -0.141. The van der Waals surface area contributed by atoms with Crippen molar-refractivity contribution in [1.82, 2.24) is 19.7 Å². The number of aromatic nitrogens is 4. The van der Waals surface area contributed by atoms with E-state index in [9.17, 15) is 13.2 Å². The van der Waals surface area contributed by atoms with Crippen molar-refractivity contribution in [3.8, 4) is 39.0 Å². The van der Waals surface area contributed by atoms with Crippen molar-refractivity contribution in [3.05, 3.63) is 91.3 Å². The van der Waals surface area contributed by atoms with Crippen LogP contribution in [0.5, 0.6) is 0 Å². The third-order valence-corrected chi connectivity index (χ3v) is 7.69. The Morgan fingerprint density at radius 3 is 2.03 bits per heavy atom. The van der Waals surface area contributed by atoms with Gasteiger partial charge >= 0.3 is 6.18 Å². The third kappa shape index (κ3) is 5.00. The lowest BCUT2D eigenvalue weighted by Gasteiger charge is -2.12. The van der Waals surface area contributed by atoms with E-state index in [0.29, 0.717) is 27.4 Å². The largest absolute Gasteiger partial charge is 0.433 e. The maximum absolute atomic E-state index is 13.9. The lowest BCUT2D eigenvalue weighted by Crippen LogP contribution is -2.14. The second-order valence-electron chi connectivity index (χ2n) is 7.78. The van der Waals surface area contributed by atoms with Crippen LogP contribution in [0.15, 0.2) is 75.7 Å². The number of benzene rings is 2. The fourth-order valence-corrected chi connectivity index (χ4v) is 5.26. The van der Waals surface area contributed by atoms with Gasteiger partial charge in [0.05, 0.1) is 21.3 Å². The topological polar surface area (TPSA) is 43.6 Å². The first kappa shape index (κ1) is 25.1. The van der Waals surface area contributed by atoms with Gasteiger partial charge in [-0.25, -0.2) is 9.97 Å². The molecular formula is C25H14Br2ClF3N4S. The molecule has 0 fully saturated rings. The van der Waals surface area contributed by atoms with Crippen LogP contribution in [0.3, 0.4) is 0 Å². The van der Waals surface area contributed by atoms with Crippen molar-refractivity contribution >= 4 is 54.8 Å². The van der Waals surface area contributed by atoms with E-state index in [1.165, 1.54) is 16.0 Å². The van der Waals surface area contributed by atoms with Crippen LogP contribution in [-0.4, -0.2) is 19.7 Å². The van der Waals surface area contributed by atoms with Crippen LogP contribution in [0.4, 0.5) is 13.2 Å². The van der Waals surface area contributed by atoms with E-state index in [1.807, 2.05) is 49.4 Å². The molecule has 11 heteroatoms. The summed E-state index contributed by atoms with van der Waals surface area (Å²) in [6.45, 7) is 1.88. The van der Waals surface area contributed by atoms with E-state index in [1.54, 1.807) is 18.2 Å². The number of halogens is 6. The molecule has 0 radical (unpaired) electrons. The zero-order valence-corrected chi connectivity index (χ0v) is 23.1. The molecule has 0 spiro atoms. The molecule has 0 N–H and O–H groups in total. The molecule has 0 saturated heterocycles. The van der Waals surface area contributed by atoms with Crippen molar-refractivity contribution in [1.29, 1.82) is 0 Å². The van der Waals surface area contributed by atoms with Crippen LogP contribution < -0.4 is 0 Å². The summed E-state index contributed by atoms with van der Waals surface area (Å²) in [6.07, 6.45) is -4.68. The van der Waals surface area contributed by atoms with Gasteiger partial charge in [0.15, 0.2) is 5.69 Å². The highest BCUT2D eigenvalue weighted by molar-refractivity contribution is 9.10. The number of alkyl halides is 3. The predicted octanol–water partition coefficient (Wildman–Crippen LogP) is 9.23. The Morgan fingerprint density at radius 1 is 0.861 bits per heavy atom. The van der Waals surface area contributed by atoms with Crippen LogP contribution in [0.2, 0.25) is 5.02 Å². The van der Waals surface area contributed by atoms with Gasteiger partial charge in [0.2, 0.25) is 0 Å². The first-order valence-electron chi connectivity index (χ1n) is 10.4. The van der Waals surface area contributed by atoms with Crippen LogP contribution in [0.25, 0.3) is 39.0 Å². The molecule has 0 amide bonds. The number of nitrogens with zero attached hydrogens (tertiary/aromatic N) is 4. The highest BCUT2D eigenvalue weighted by Crippen LogP contribution is 2.39. The highest BCUT2D eigenvalue weighted by Gasteiger charge is 2.35. The predicted molar refractivity (Wildman–Crippen MR) is 143 cm³/mol. The van der Waals surface area contributed by atoms with Crippen LogP contribution >= 0.6 is 54.8 Å². The summed E-state index contributed by atoms with van der Waals surface area (Å²) in [5, 5.41) is 4.88. The Bertz CT molecular complexity index is 1560. The maximum Gasteiger partial charge on any atom is 0.433 e. The van der Waals surface area contributed by atoms with Gasteiger partial charge in [-0.1, -0.05) is 67.7 Å².